The highest BCUT2D eigenvalue weighted by Gasteiger charge is 2.14. The van der Waals surface area contributed by atoms with E-state index in [1.807, 2.05) is 0 Å². The van der Waals surface area contributed by atoms with Crippen molar-refractivity contribution in [2.75, 3.05) is 11.5 Å². The monoisotopic (exact) mass is 420 g/mol. The second-order valence-electron chi connectivity index (χ2n) is 2.08. The van der Waals surface area contributed by atoms with Crippen molar-refractivity contribution >= 4 is 75.1 Å². The predicted octanol–water partition coefficient (Wildman–Crippen LogP) is 3.90. The number of rotatable bonds is 0. The summed E-state index contributed by atoms with van der Waals surface area (Å²) in [6, 6.07) is 0. The number of halogens is 4. The minimum absolute atomic E-state index is 0.525. The van der Waals surface area contributed by atoms with Crippen LogP contribution in [0.3, 0.4) is 0 Å². The van der Waals surface area contributed by atoms with Crippen molar-refractivity contribution in [3.63, 3.8) is 0 Å². The summed E-state index contributed by atoms with van der Waals surface area (Å²) in [5, 5.41) is 0. The summed E-state index contributed by atoms with van der Waals surface area (Å²) in [5.41, 5.74) is 12.4. The fourth-order valence-electron chi connectivity index (χ4n) is 0.666. The van der Waals surface area contributed by atoms with Gasteiger partial charge in [0.2, 0.25) is 0 Å². The van der Waals surface area contributed by atoms with E-state index in [4.69, 9.17) is 11.5 Å². The summed E-state index contributed by atoms with van der Waals surface area (Å²) < 4.78 is 3.22. The molecule has 4 N–H and O–H groups in total. The summed E-state index contributed by atoms with van der Waals surface area (Å²) in [6.45, 7) is 0. The van der Waals surface area contributed by atoms with Crippen LogP contribution in [0, 0.1) is 0 Å². The fraction of sp³-hybridized carbons (Fsp3) is 0. The third kappa shape index (κ3) is 1.66. The third-order valence-corrected chi connectivity index (χ3v) is 6.17. The minimum atomic E-state index is 0.525. The van der Waals surface area contributed by atoms with Crippen LogP contribution in [0.25, 0.3) is 0 Å². The maximum atomic E-state index is 5.70. The Balaban J connectivity index is 3.60. The van der Waals surface area contributed by atoms with Crippen LogP contribution in [0.15, 0.2) is 17.9 Å². The molecule has 0 fully saturated rings. The largest absolute Gasteiger partial charge is 0.396 e. The molecule has 1 aromatic carbocycles. The number of hydrogen-bond donors (Lipinski definition) is 2. The zero-order valence-electron chi connectivity index (χ0n) is 5.67. The van der Waals surface area contributed by atoms with Gasteiger partial charge in [-0.05, 0) is 63.7 Å². The molecule has 1 rings (SSSR count). The van der Waals surface area contributed by atoms with Crippen molar-refractivity contribution in [3.05, 3.63) is 17.9 Å². The maximum Gasteiger partial charge on any atom is 0.0716 e. The van der Waals surface area contributed by atoms with Crippen molar-refractivity contribution in [1.82, 2.24) is 0 Å². The lowest BCUT2D eigenvalue weighted by Crippen LogP contribution is -1.98. The molecule has 0 aromatic heterocycles. The third-order valence-electron chi connectivity index (χ3n) is 1.34. The summed E-state index contributed by atoms with van der Waals surface area (Å²) in [4.78, 5) is 0. The Morgan fingerprint density at radius 1 is 0.583 bits per heavy atom. The van der Waals surface area contributed by atoms with Gasteiger partial charge < -0.3 is 11.5 Å². The molecular formula is C6H4Br4N2. The molecule has 0 radical (unpaired) electrons. The van der Waals surface area contributed by atoms with E-state index < -0.39 is 0 Å². The highest BCUT2D eigenvalue weighted by atomic mass is 79.9. The first-order chi connectivity index (χ1) is 5.46. The Kier molecular flexibility index (Phi) is 3.48. The van der Waals surface area contributed by atoms with Gasteiger partial charge in [-0.1, -0.05) is 0 Å². The van der Waals surface area contributed by atoms with Crippen LogP contribution in [-0.2, 0) is 0 Å². The van der Waals surface area contributed by atoms with Gasteiger partial charge in [0.25, 0.3) is 0 Å². The first-order valence-corrected chi connectivity index (χ1v) is 6.01. The van der Waals surface area contributed by atoms with Gasteiger partial charge in [-0.2, -0.15) is 0 Å². The van der Waals surface area contributed by atoms with E-state index in [1.165, 1.54) is 0 Å². The van der Waals surface area contributed by atoms with Crippen molar-refractivity contribution in [2.24, 2.45) is 0 Å². The average Bonchev–Trinajstić information content (AvgIpc) is 2.08. The molecule has 0 amide bonds. The first kappa shape index (κ1) is 10.8. The summed E-state index contributed by atoms with van der Waals surface area (Å²) in [7, 11) is 0. The number of benzene rings is 1. The number of nitrogens with two attached hydrogens (primary N) is 2. The molecule has 0 atom stereocenters. The number of nitrogen functional groups attached to an aromatic ring is 2. The summed E-state index contributed by atoms with van der Waals surface area (Å²) in [6.07, 6.45) is 0. The maximum absolute atomic E-state index is 5.70. The SMILES string of the molecule is Nc1c(N)c(Br)c(Br)c(Br)c1Br. The standard InChI is InChI=1S/C6H4Br4N2/c7-1-2(8)4(10)6(12)5(11)3(1)9/h11-12H2. The second-order valence-corrected chi connectivity index (χ2v) is 5.26. The normalized spacial score (nSPS) is 10.3. The molecule has 2 nitrogen and oxygen atoms in total. The van der Waals surface area contributed by atoms with E-state index in [9.17, 15) is 0 Å². The van der Waals surface area contributed by atoms with Crippen molar-refractivity contribution < 1.29 is 0 Å². The van der Waals surface area contributed by atoms with Gasteiger partial charge in [0.1, 0.15) is 0 Å². The molecular weight excluding hydrogens is 420 g/mol. The van der Waals surface area contributed by atoms with Crippen LogP contribution in [0.2, 0.25) is 0 Å². The molecule has 0 bridgehead atoms. The van der Waals surface area contributed by atoms with Crippen LogP contribution < -0.4 is 11.5 Å². The van der Waals surface area contributed by atoms with E-state index in [0.29, 0.717) is 11.4 Å². The Morgan fingerprint density at radius 3 is 1.08 bits per heavy atom. The molecule has 12 heavy (non-hydrogen) atoms. The highest BCUT2D eigenvalue weighted by molar-refractivity contribution is 9.15. The first-order valence-electron chi connectivity index (χ1n) is 2.83. The van der Waals surface area contributed by atoms with Crippen LogP contribution in [-0.4, -0.2) is 0 Å². The van der Waals surface area contributed by atoms with Crippen LogP contribution in [0.1, 0.15) is 0 Å². The minimum Gasteiger partial charge on any atom is -0.396 e. The lowest BCUT2D eigenvalue weighted by atomic mass is 10.3. The lowest BCUT2D eigenvalue weighted by molar-refractivity contribution is 1.49. The van der Waals surface area contributed by atoms with Gasteiger partial charge >= 0.3 is 0 Å². The van der Waals surface area contributed by atoms with E-state index in [0.717, 1.165) is 17.9 Å². The van der Waals surface area contributed by atoms with E-state index >= 15 is 0 Å². The predicted molar refractivity (Wildman–Crippen MR) is 66.1 cm³/mol. The van der Waals surface area contributed by atoms with E-state index in [-0.39, 0.29) is 0 Å². The molecule has 0 aliphatic heterocycles. The molecule has 6 heteroatoms. The Labute approximate surface area is 104 Å². The van der Waals surface area contributed by atoms with Gasteiger partial charge in [0.15, 0.2) is 0 Å². The van der Waals surface area contributed by atoms with Crippen molar-refractivity contribution in [2.45, 2.75) is 0 Å². The molecule has 0 heterocycles. The quantitative estimate of drug-likeness (QED) is 0.378. The van der Waals surface area contributed by atoms with Crippen LogP contribution in [0.4, 0.5) is 11.4 Å². The summed E-state index contributed by atoms with van der Waals surface area (Å²) in [5.74, 6) is 0. The van der Waals surface area contributed by atoms with Gasteiger partial charge in [-0.15, -0.1) is 0 Å². The van der Waals surface area contributed by atoms with E-state index in [2.05, 4.69) is 63.7 Å². The Morgan fingerprint density at radius 2 is 0.833 bits per heavy atom. The molecule has 0 aliphatic carbocycles. The molecule has 0 saturated carbocycles. The zero-order valence-corrected chi connectivity index (χ0v) is 12.0. The molecule has 0 aliphatic rings. The highest BCUT2D eigenvalue weighted by Crippen LogP contribution is 2.44. The van der Waals surface area contributed by atoms with Crippen LogP contribution >= 0.6 is 63.7 Å². The summed E-state index contributed by atoms with van der Waals surface area (Å²) >= 11 is 13.3. The smallest absolute Gasteiger partial charge is 0.0716 e. The molecule has 0 spiro atoms. The average molecular weight is 424 g/mol. The number of anilines is 2. The molecule has 1 aromatic rings. The van der Waals surface area contributed by atoms with Gasteiger partial charge in [0.05, 0.1) is 20.3 Å². The topological polar surface area (TPSA) is 52.0 Å². The lowest BCUT2D eigenvalue weighted by Gasteiger charge is -2.09. The van der Waals surface area contributed by atoms with Crippen molar-refractivity contribution in [3.8, 4) is 0 Å². The number of hydrogen-bond acceptors (Lipinski definition) is 2. The van der Waals surface area contributed by atoms with Gasteiger partial charge in [-0.25, -0.2) is 0 Å². The van der Waals surface area contributed by atoms with Crippen LogP contribution in [0.5, 0.6) is 0 Å². The Hall–Kier alpha value is 0.740. The second kappa shape index (κ2) is 3.86. The van der Waals surface area contributed by atoms with Gasteiger partial charge in [-0.3, -0.25) is 0 Å². The fourth-order valence-corrected chi connectivity index (χ4v) is 2.85. The van der Waals surface area contributed by atoms with Gasteiger partial charge in [0, 0.05) is 8.95 Å². The molecule has 66 valence electrons. The Bertz CT molecular complexity index is 232. The van der Waals surface area contributed by atoms with E-state index in [1.54, 1.807) is 0 Å². The zero-order chi connectivity index (χ0) is 9.46. The molecule has 0 unspecified atom stereocenters. The van der Waals surface area contributed by atoms with Crippen molar-refractivity contribution in [1.29, 1.82) is 0 Å². The molecule has 0 saturated heterocycles.